The fourth-order valence-electron chi connectivity index (χ4n) is 2.10. The van der Waals surface area contributed by atoms with Gasteiger partial charge in [0.05, 0.1) is 0 Å². The van der Waals surface area contributed by atoms with E-state index in [1.165, 1.54) is 6.33 Å². The predicted molar refractivity (Wildman–Crippen MR) is 86.7 cm³/mol. The van der Waals surface area contributed by atoms with Crippen molar-refractivity contribution < 1.29 is 4.79 Å². The Hall–Kier alpha value is -1.85. The molecule has 1 heterocycles. The molecule has 0 spiro atoms. The van der Waals surface area contributed by atoms with Crippen LogP contribution in [0, 0.1) is 0 Å². The molecular formula is C15H27N5O. The van der Waals surface area contributed by atoms with E-state index >= 15 is 0 Å². The Morgan fingerprint density at radius 3 is 2.38 bits per heavy atom. The zero-order chi connectivity index (χ0) is 16.0. The lowest BCUT2D eigenvalue weighted by Gasteiger charge is -2.22. The third-order valence-electron chi connectivity index (χ3n) is 3.17. The number of rotatable bonds is 7. The SMILES string of the molecule is CCCNc1ncnc(NC(C)C(=O)N(C)C)c1C(C)C. The fraction of sp³-hybridized carbons (Fsp3) is 0.667. The topological polar surface area (TPSA) is 70.1 Å². The van der Waals surface area contributed by atoms with Gasteiger partial charge in [0.2, 0.25) is 5.91 Å². The van der Waals surface area contributed by atoms with Crippen LogP contribution in [0.25, 0.3) is 0 Å². The van der Waals surface area contributed by atoms with Crippen LogP contribution in [-0.4, -0.2) is 47.5 Å². The van der Waals surface area contributed by atoms with E-state index in [0.29, 0.717) is 0 Å². The molecule has 6 nitrogen and oxygen atoms in total. The molecule has 21 heavy (non-hydrogen) atoms. The lowest BCUT2D eigenvalue weighted by Crippen LogP contribution is -2.37. The van der Waals surface area contributed by atoms with Gasteiger partial charge in [0.15, 0.2) is 0 Å². The number of amides is 1. The number of anilines is 2. The molecule has 1 atom stereocenters. The second kappa shape index (κ2) is 7.81. The number of carbonyl (C=O) groups is 1. The summed E-state index contributed by atoms with van der Waals surface area (Å²) >= 11 is 0. The molecule has 2 N–H and O–H groups in total. The van der Waals surface area contributed by atoms with Crippen molar-refractivity contribution in [1.82, 2.24) is 14.9 Å². The van der Waals surface area contributed by atoms with Gasteiger partial charge in [-0.25, -0.2) is 9.97 Å². The molecule has 0 aliphatic carbocycles. The number of nitrogens with zero attached hydrogens (tertiary/aromatic N) is 3. The van der Waals surface area contributed by atoms with E-state index in [2.05, 4.69) is 41.4 Å². The van der Waals surface area contributed by atoms with Crippen molar-refractivity contribution in [2.24, 2.45) is 0 Å². The standard InChI is InChI=1S/C15H27N5O/c1-7-8-16-13-12(10(2)3)14(18-9-17-13)19-11(4)15(21)20(5)6/h9-11H,7-8H2,1-6H3,(H2,16,17,18,19). The maximum Gasteiger partial charge on any atom is 0.244 e. The second-order valence-electron chi connectivity index (χ2n) is 5.66. The van der Waals surface area contributed by atoms with Gasteiger partial charge in [0, 0.05) is 26.2 Å². The Balaban J connectivity index is 3.03. The summed E-state index contributed by atoms with van der Waals surface area (Å²) in [7, 11) is 3.50. The van der Waals surface area contributed by atoms with Crippen molar-refractivity contribution in [2.75, 3.05) is 31.3 Å². The van der Waals surface area contributed by atoms with Crippen LogP contribution < -0.4 is 10.6 Å². The Labute approximate surface area is 127 Å². The summed E-state index contributed by atoms with van der Waals surface area (Å²) in [6, 6.07) is -0.327. The van der Waals surface area contributed by atoms with E-state index in [1.807, 2.05) is 6.92 Å². The van der Waals surface area contributed by atoms with Crippen LogP contribution in [-0.2, 0) is 4.79 Å². The minimum absolute atomic E-state index is 0.0198. The summed E-state index contributed by atoms with van der Waals surface area (Å²) in [5.41, 5.74) is 1.02. The van der Waals surface area contributed by atoms with Crippen molar-refractivity contribution in [1.29, 1.82) is 0 Å². The molecule has 0 bridgehead atoms. The van der Waals surface area contributed by atoms with Gasteiger partial charge < -0.3 is 15.5 Å². The normalized spacial score (nSPS) is 12.1. The Morgan fingerprint density at radius 2 is 1.86 bits per heavy atom. The molecule has 6 heteroatoms. The van der Waals surface area contributed by atoms with Crippen LogP contribution in [0.15, 0.2) is 6.33 Å². The average molecular weight is 293 g/mol. The molecule has 1 amide bonds. The summed E-state index contributed by atoms with van der Waals surface area (Å²) in [6.45, 7) is 9.01. The molecule has 0 aliphatic rings. The summed E-state index contributed by atoms with van der Waals surface area (Å²) in [6.07, 6.45) is 2.55. The Morgan fingerprint density at radius 1 is 1.24 bits per heavy atom. The van der Waals surface area contributed by atoms with Gasteiger partial charge in [-0.15, -0.1) is 0 Å². The Kier molecular flexibility index (Phi) is 6.39. The first-order valence-electron chi connectivity index (χ1n) is 7.44. The zero-order valence-corrected chi connectivity index (χ0v) is 13.9. The average Bonchev–Trinajstić information content (AvgIpc) is 2.43. The summed E-state index contributed by atoms with van der Waals surface area (Å²) in [5.74, 6) is 1.84. The molecule has 0 fully saturated rings. The highest BCUT2D eigenvalue weighted by Gasteiger charge is 2.20. The number of aromatic nitrogens is 2. The van der Waals surface area contributed by atoms with Crippen LogP contribution in [0.1, 0.15) is 45.6 Å². The largest absolute Gasteiger partial charge is 0.370 e. The molecule has 0 radical (unpaired) electrons. The summed E-state index contributed by atoms with van der Waals surface area (Å²) in [4.78, 5) is 22.2. The number of hydrogen-bond acceptors (Lipinski definition) is 5. The van der Waals surface area contributed by atoms with Crippen LogP contribution in [0.5, 0.6) is 0 Å². The highest BCUT2D eigenvalue weighted by molar-refractivity contribution is 5.84. The predicted octanol–water partition coefficient (Wildman–Crippen LogP) is 2.31. The number of hydrogen-bond donors (Lipinski definition) is 2. The molecule has 1 aromatic heterocycles. The Bertz CT molecular complexity index is 473. The third kappa shape index (κ3) is 4.58. The maximum atomic E-state index is 12.0. The molecule has 1 rings (SSSR count). The van der Waals surface area contributed by atoms with Gasteiger partial charge in [0.25, 0.3) is 0 Å². The minimum Gasteiger partial charge on any atom is -0.370 e. The van der Waals surface area contributed by atoms with Gasteiger partial charge in [-0.2, -0.15) is 0 Å². The molecule has 0 saturated heterocycles. The number of likely N-dealkylation sites (N-methyl/N-ethyl adjacent to an activating group) is 1. The molecule has 0 saturated carbocycles. The molecule has 1 aromatic rings. The lowest BCUT2D eigenvalue weighted by atomic mass is 10.0. The van der Waals surface area contributed by atoms with Crippen molar-refractivity contribution >= 4 is 17.5 Å². The lowest BCUT2D eigenvalue weighted by molar-refractivity contribution is -0.129. The first-order chi connectivity index (χ1) is 9.88. The van der Waals surface area contributed by atoms with E-state index in [0.717, 1.165) is 30.2 Å². The van der Waals surface area contributed by atoms with Crippen molar-refractivity contribution in [2.45, 2.75) is 46.1 Å². The third-order valence-corrected chi connectivity index (χ3v) is 3.17. The fourth-order valence-corrected chi connectivity index (χ4v) is 2.10. The van der Waals surface area contributed by atoms with Gasteiger partial charge >= 0.3 is 0 Å². The smallest absolute Gasteiger partial charge is 0.244 e. The number of carbonyl (C=O) groups excluding carboxylic acids is 1. The highest BCUT2D eigenvalue weighted by Crippen LogP contribution is 2.28. The van der Waals surface area contributed by atoms with Crippen molar-refractivity contribution in [3.05, 3.63) is 11.9 Å². The second-order valence-corrected chi connectivity index (χ2v) is 5.66. The zero-order valence-electron chi connectivity index (χ0n) is 13.9. The summed E-state index contributed by atoms with van der Waals surface area (Å²) in [5, 5.41) is 6.53. The first kappa shape index (κ1) is 17.2. The van der Waals surface area contributed by atoms with Gasteiger partial charge in [-0.1, -0.05) is 20.8 Å². The van der Waals surface area contributed by atoms with E-state index in [4.69, 9.17) is 0 Å². The van der Waals surface area contributed by atoms with E-state index in [-0.39, 0.29) is 17.9 Å². The van der Waals surface area contributed by atoms with Gasteiger partial charge in [-0.3, -0.25) is 4.79 Å². The monoisotopic (exact) mass is 293 g/mol. The van der Waals surface area contributed by atoms with Crippen molar-refractivity contribution in [3.63, 3.8) is 0 Å². The molecule has 1 unspecified atom stereocenters. The molecule has 0 aliphatic heterocycles. The number of nitrogens with one attached hydrogen (secondary N) is 2. The quantitative estimate of drug-likeness (QED) is 0.807. The van der Waals surface area contributed by atoms with Gasteiger partial charge in [-0.05, 0) is 19.3 Å². The van der Waals surface area contributed by atoms with Crippen LogP contribution in [0.4, 0.5) is 11.6 Å². The summed E-state index contributed by atoms with van der Waals surface area (Å²) < 4.78 is 0. The highest BCUT2D eigenvalue weighted by atomic mass is 16.2. The first-order valence-corrected chi connectivity index (χ1v) is 7.44. The molecule has 118 valence electrons. The van der Waals surface area contributed by atoms with Crippen LogP contribution >= 0.6 is 0 Å². The van der Waals surface area contributed by atoms with E-state index in [1.54, 1.807) is 19.0 Å². The maximum absolute atomic E-state index is 12.0. The van der Waals surface area contributed by atoms with E-state index < -0.39 is 0 Å². The minimum atomic E-state index is -0.327. The van der Waals surface area contributed by atoms with E-state index in [9.17, 15) is 4.79 Å². The van der Waals surface area contributed by atoms with Crippen LogP contribution in [0.3, 0.4) is 0 Å². The molecular weight excluding hydrogens is 266 g/mol. The van der Waals surface area contributed by atoms with Gasteiger partial charge in [0.1, 0.15) is 24.0 Å². The molecule has 0 aromatic carbocycles. The van der Waals surface area contributed by atoms with Crippen LogP contribution in [0.2, 0.25) is 0 Å². The van der Waals surface area contributed by atoms with Crippen molar-refractivity contribution in [3.8, 4) is 0 Å².